The molecule has 2 aromatic rings. The Labute approximate surface area is 166 Å². The van der Waals surface area contributed by atoms with Gasteiger partial charge in [-0.1, -0.05) is 23.2 Å². The molecule has 5 nitrogen and oxygen atoms in total. The molecule has 1 saturated heterocycles. The molecule has 1 aromatic carbocycles. The van der Waals surface area contributed by atoms with Crippen LogP contribution in [0.3, 0.4) is 0 Å². The lowest BCUT2D eigenvalue weighted by atomic mass is 10.1. The number of likely N-dealkylation sites (tertiary alicyclic amines) is 1. The number of carbonyl (C=O) groups excluding carboxylic acids is 2. The van der Waals surface area contributed by atoms with Crippen molar-refractivity contribution in [3.63, 3.8) is 0 Å². The van der Waals surface area contributed by atoms with Crippen molar-refractivity contribution in [2.75, 3.05) is 11.9 Å². The number of hydrogen-bond donors (Lipinski definition) is 1. The Kier molecular flexibility index (Phi) is 5.64. The molecular weight excluding hydrogens is 426 g/mol. The average molecular weight is 438 g/mol. The number of alkyl halides is 3. The summed E-state index contributed by atoms with van der Waals surface area (Å²) in [5.74, 6) is -1.01. The van der Waals surface area contributed by atoms with E-state index >= 15 is 0 Å². The third-order valence-electron chi connectivity index (χ3n) is 3.95. The van der Waals surface area contributed by atoms with Crippen molar-refractivity contribution >= 4 is 51.5 Å². The lowest BCUT2D eigenvalue weighted by Crippen LogP contribution is -2.43. The zero-order valence-corrected chi connectivity index (χ0v) is 15.8. The van der Waals surface area contributed by atoms with Gasteiger partial charge in [-0.3, -0.25) is 9.59 Å². The van der Waals surface area contributed by atoms with Gasteiger partial charge in [-0.05, 0) is 31.0 Å². The molecular formula is C16H12Cl2F3N3O2S. The van der Waals surface area contributed by atoms with Gasteiger partial charge in [-0.2, -0.15) is 13.2 Å². The number of hydrogen-bond acceptors (Lipinski definition) is 4. The van der Waals surface area contributed by atoms with Crippen LogP contribution in [0.4, 0.5) is 18.3 Å². The molecule has 0 radical (unpaired) electrons. The zero-order valence-electron chi connectivity index (χ0n) is 13.5. The summed E-state index contributed by atoms with van der Waals surface area (Å²) in [5.41, 5.74) is -0.837. The predicted octanol–water partition coefficient (Wildman–Crippen LogP) is 4.71. The topological polar surface area (TPSA) is 62.3 Å². The molecule has 1 atom stereocenters. The van der Waals surface area contributed by atoms with Gasteiger partial charge >= 0.3 is 6.18 Å². The minimum atomic E-state index is -4.58. The standard InChI is InChI=1S/C16H12Cl2F3N3O2S/c17-9-4-8(5-10(18)6-9)14(26)24-3-1-2-11(24)13(25)23-15-22-12(7-27-15)16(19,20)21/h4-7,11H,1-3H2,(H,22,23,25). The molecule has 1 N–H and O–H groups in total. The Bertz CT molecular complexity index is 868. The molecule has 1 aliphatic rings. The van der Waals surface area contributed by atoms with Gasteiger partial charge in [0.15, 0.2) is 10.8 Å². The third-order valence-corrected chi connectivity index (χ3v) is 5.14. The smallest absolute Gasteiger partial charge is 0.327 e. The maximum absolute atomic E-state index is 12.7. The second kappa shape index (κ2) is 7.65. The first-order valence-corrected chi connectivity index (χ1v) is 9.39. The third kappa shape index (κ3) is 4.53. The van der Waals surface area contributed by atoms with E-state index in [2.05, 4.69) is 10.3 Å². The van der Waals surface area contributed by atoms with Gasteiger partial charge in [-0.15, -0.1) is 11.3 Å². The molecule has 0 bridgehead atoms. The van der Waals surface area contributed by atoms with Crippen LogP contribution >= 0.6 is 34.5 Å². The zero-order chi connectivity index (χ0) is 19.8. The van der Waals surface area contributed by atoms with Crippen molar-refractivity contribution in [1.82, 2.24) is 9.88 Å². The molecule has 0 spiro atoms. The van der Waals surface area contributed by atoms with Gasteiger partial charge in [0.25, 0.3) is 5.91 Å². The molecule has 27 heavy (non-hydrogen) atoms. The lowest BCUT2D eigenvalue weighted by molar-refractivity contribution is -0.140. The Balaban J connectivity index is 1.74. The first kappa shape index (κ1) is 19.9. The van der Waals surface area contributed by atoms with E-state index in [0.29, 0.717) is 30.7 Å². The summed E-state index contributed by atoms with van der Waals surface area (Å²) in [4.78, 5) is 29.9. The molecule has 11 heteroatoms. The van der Waals surface area contributed by atoms with Gasteiger partial charge in [0.2, 0.25) is 5.91 Å². The first-order valence-electron chi connectivity index (χ1n) is 7.76. The van der Waals surface area contributed by atoms with E-state index in [0.717, 1.165) is 5.38 Å². The summed E-state index contributed by atoms with van der Waals surface area (Å²) in [5, 5.41) is 3.58. The summed E-state index contributed by atoms with van der Waals surface area (Å²) in [6, 6.07) is 3.56. The number of anilines is 1. The summed E-state index contributed by atoms with van der Waals surface area (Å²) >= 11 is 12.5. The van der Waals surface area contributed by atoms with Crippen molar-refractivity contribution in [3.05, 3.63) is 44.9 Å². The van der Waals surface area contributed by atoms with Gasteiger partial charge in [0.05, 0.1) is 0 Å². The quantitative estimate of drug-likeness (QED) is 0.755. The highest BCUT2D eigenvalue weighted by Crippen LogP contribution is 2.32. The number of nitrogens with one attached hydrogen (secondary N) is 1. The molecule has 0 saturated carbocycles. The van der Waals surface area contributed by atoms with Crippen molar-refractivity contribution in [2.24, 2.45) is 0 Å². The molecule has 1 unspecified atom stereocenters. The van der Waals surface area contributed by atoms with E-state index in [1.807, 2.05) is 0 Å². The van der Waals surface area contributed by atoms with Crippen LogP contribution in [-0.2, 0) is 11.0 Å². The molecule has 2 amide bonds. The molecule has 144 valence electrons. The van der Waals surface area contributed by atoms with Crippen molar-refractivity contribution < 1.29 is 22.8 Å². The van der Waals surface area contributed by atoms with E-state index < -0.39 is 29.7 Å². The van der Waals surface area contributed by atoms with Gasteiger partial charge in [0.1, 0.15) is 6.04 Å². The first-order chi connectivity index (χ1) is 12.6. The van der Waals surface area contributed by atoms with Crippen molar-refractivity contribution in [1.29, 1.82) is 0 Å². The normalized spacial score (nSPS) is 17.2. The molecule has 2 heterocycles. The van der Waals surface area contributed by atoms with Crippen LogP contribution < -0.4 is 5.32 Å². The Morgan fingerprint density at radius 2 is 1.89 bits per heavy atom. The van der Waals surface area contributed by atoms with Crippen molar-refractivity contribution in [3.8, 4) is 0 Å². The Morgan fingerprint density at radius 3 is 2.48 bits per heavy atom. The SMILES string of the molecule is O=C(Nc1nc(C(F)(F)F)cs1)C1CCCN1C(=O)c1cc(Cl)cc(Cl)c1. The Hall–Kier alpha value is -1.84. The number of aromatic nitrogens is 1. The second-order valence-electron chi connectivity index (χ2n) is 5.84. The number of nitrogens with zero attached hydrogens (tertiary/aromatic N) is 2. The van der Waals surface area contributed by atoms with E-state index in [1.54, 1.807) is 0 Å². The van der Waals surface area contributed by atoms with Crippen LogP contribution in [0.5, 0.6) is 0 Å². The van der Waals surface area contributed by atoms with Crippen molar-refractivity contribution in [2.45, 2.75) is 25.1 Å². The summed E-state index contributed by atoms with van der Waals surface area (Å²) in [6.45, 7) is 0.340. The fraction of sp³-hybridized carbons (Fsp3) is 0.312. The molecule has 1 fully saturated rings. The van der Waals surface area contributed by atoms with Gasteiger partial charge in [-0.25, -0.2) is 4.98 Å². The van der Waals surface area contributed by atoms with Crippen LogP contribution in [-0.4, -0.2) is 34.3 Å². The second-order valence-corrected chi connectivity index (χ2v) is 7.57. The largest absolute Gasteiger partial charge is 0.434 e. The highest BCUT2D eigenvalue weighted by Gasteiger charge is 2.37. The fourth-order valence-electron chi connectivity index (χ4n) is 2.78. The lowest BCUT2D eigenvalue weighted by Gasteiger charge is -2.23. The molecule has 0 aliphatic carbocycles. The summed E-state index contributed by atoms with van der Waals surface area (Å²) in [7, 11) is 0. The Morgan fingerprint density at radius 1 is 1.22 bits per heavy atom. The number of rotatable bonds is 3. The highest BCUT2D eigenvalue weighted by molar-refractivity contribution is 7.13. The highest BCUT2D eigenvalue weighted by atomic mass is 35.5. The minimum Gasteiger partial charge on any atom is -0.327 e. The van der Waals surface area contributed by atoms with E-state index in [9.17, 15) is 22.8 Å². The number of thiazole rings is 1. The predicted molar refractivity (Wildman–Crippen MR) is 96.3 cm³/mol. The summed E-state index contributed by atoms with van der Waals surface area (Å²) in [6.07, 6.45) is -3.60. The van der Waals surface area contributed by atoms with E-state index in [-0.39, 0.29) is 20.7 Å². The van der Waals surface area contributed by atoms with E-state index in [4.69, 9.17) is 23.2 Å². The number of carbonyl (C=O) groups is 2. The van der Waals surface area contributed by atoms with Crippen LogP contribution in [0.1, 0.15) is 28.9 Å². The number of benzene rings is 1. The van der Waals surface area contributed by atoms with Crippen LogP contribution in [0.2, 0.25) is 10.0 Å². The van der Waals surface area contributed by atoms with Crippen LogP contribution in [0, 0.1) is 0 Å². The van der Waals surface area contributed by atoms with Crippen LogP contribution in [0.15, 0.2) is 23.6 Å². The van der Waals surface area contributed by atoms with Gasteiger partial charge in [0, 0.05) is 27.5 Å². The van der Waals surface area contributed by atoms with Crippen LogP contribution in [0.25, 0.3) is 0 Å². The maximum Gasteiger partial charge on any atom is 0.434 e. The molecule has 3 rings (SSSR count). The van der Waals surface area contributed by atoms with E-state index in [1.165, 1.54) is 23.1 Å². The monoisotopic (exact) mass is 437 g/mol. The van der Waals surface area contributed by atoms with Gasteiger partial charge < -0.3 is 10.2 Å². The number of halogens is 5. The molecule has 1 aliphatic heterocycles. The average Bonchev–Trinajstić information content (AvgIpc) is 3.21. The number of amides is 2. The maximum atomic E-state index is 12.7. The summed E-state index contributed by atoms with van der Waals surface area (Å²) < 4.78 is 37.9. The molecule has 1 aromatic heterocycles. The fourth-order valence-corrected chi connectivity index (χ4v) is 4.02. The minimum absolute atomic E-state index is 0.169.